The Kier molecular flexibility index (Phi) is 9.34. The van der Waals surface area contributed by atoms with Crippen molar-refractivity contribution in [3.8, 4) is 0 Å². The third kappa shape index (κ3) is 7.21. The molecule has 0 atom stereocenters. The fourth-order valence-electron chi connectivity index (χ4n) is 2.10. The topological polar surface area (TPSA) is 91.6 Å². The molecule has 0 radical (unpaired) electrons. The van der Waals surface area contributed by atoms with Crippen molar-refractivity contribution in [2.45, 2.75) is 6.54 Å². The Morgan fingerprint density at radius 2 is 1.73 bits per heavy atom. The lowest BCUT2D eigenvalue weighted by Gasteiger charge is -2.13. The van der Waals surface area contributed by atoms with Gasteiger partial charge in [0.05, 0.1) is 4.92 Å². The van der Waals surface area contributed by atoms with Crippen LogP contribution >= 0.6 is 24.0 Å². The highest BCUT2D eigenvalue weighted by atomic mass is 127. The summed E-state index contributed by atoms with van der Waals surface area (Å²) in [5.74, 6) is 0.374. The Labute approximate surface area is 168 Å². The molecule has 3 N–H and O–H groups in total. The number of hydrogen-bond donors (Lipinski definition) is 3. The molecule has 0 heterocycles. The van der Waals surface area contributed by atoms with Gasteiger partial charge >= 0.3 is 0 Å². The van der Waals surface area contributed by atoms with Gasteiger partial charge in [-0.05, 0) is 29.8 Å². The number of guanidine groups is 1. The average Bonchev–Trinajstić information content (AvgIpc) is 2.63. The Morgan fingerprint density at radius 1 is 1.08 bits per heavy atom. The molecule has 26 heavy (non-hydrogen) atoms. The molecule has 0 aliphatic heterocycles. The summed E-state index contributed by atoms with van der Waals surface area (Å²) in [5.41, 5.74) is 1.82. The summed E-state index contributed by atoms with van der Waals surface area (Å²) >= 11 is 0. The third-order valence-electron chi connectivity index (χ3n) is 3.42. The number of nitro benzene ring substituents is 1. The maximum Gasteiger partial charge on any atom is 0.269 e. The van der Waals surface area contributed by atoms with E-state index in [1.54, 1.807) is 31.3 Å². The molecule has 0 saturated heterocycles. The second-order valence-electron chi connectivity index (χ2n) is 5.21. The third-order valence-corrected chi connectivity index (χ3v) is 3.42. The van der Waals surface area contributed by atoms with Gasteiger partial charge < -0.3 is 16.0 Å². The molecule has 0 amide bonds. The molecule has 0 spiro atoms. The summed E-state index contributed by atoms with van der Waals surface area (Å²) < 4.78 is 12.9. The number of non-ortho nitro benzene ring substituents is 1. The number of anilines is 1. The van der Waals surface area contributed by atoms with Gasteiger partial charge in [-0.3, -0.25) is 15.1 Å². The Balaban J connectivity index is 0.00000338. The predicted octanol–water partition coefficient (Wildman–Crippen LogP) is 3.13. The quantitative estimate of drug-likeness (QED) is 0.144. The predicted molar refractivity (Wildman–Crippen MR) is 112 cm³/mol. The molecule has 2 aromatic carbocycles. The van der Waals surface area contributed by atoms with Crippen molar-refractivity contribution in [3.63, 3.8) is 0 Å². The van der Waals surface area contributed by atoms with Crippen LogP contribution in [0.25, 0.3) is 0 Å². The number of aliphatic imine (C=N–C) groups is 1. The van der Waals surface area contributed by atoms with Gasteiger partial charge in [-0.2, -0.15) is 0 Å². The first-order chi connectivity index (χ1) is 12.1. The zero-order chi connectivity index (χ0) is 18.1. The minimum atomic E-state index is -0.428. The van der Waals surface area contributed by atoms with E-state index >= 15 is 0 Å². The molecular formula is C17H21FIN5O2. The van der Waals surface area contributed by atoms with E-state index in [1.807, 2.05) is 0 Å². The minimum Gasteiger partial charge on any atom is -0.383 e. The number of nitro groups is 1. The van der Waals surface area contributed by atoms with E-state index in [9.17, 15) is 14.5 Å². The summed E-state index contributed by atoms with van der Waals surface area (Å²) in [6.07, 6.45) is 0. The minimum absolute atomic E-state index is 0. The lowest BCUT2D eigenvalue weighted by atomic mass is 10.2. The molecule has 0 aliphatic carbocycles. The van der Waals surface area contributed by atoms with Crippen LogP contribution in [-0.2, 0) is 6.54 Å². The first-order valence-corrected chi connectivity index (χ1v) is 7.76. The largest absolute Gasteiger partial charge is 0.383 e. The van der Waals surface area contributed by atoms with Gasteiger partial charge in [-0.1, -0.05) is 12.1 Å². The molecule has 0 unspecified atom stereocenters. The van der Waals surface area contributed by atoms with Crippen LogP contribution in [0.1, 0.15) is 5.56 Å². The van der Waals surface area contributed by atoms with Gasteiger partial charge in [0.25, 0.3) is 5.69 Å². The maximum absolute atomic E-state index is 12.9. The fraction of sp³-hybridized carbons (Fsp3) is 0.235. The molecule has 0 fully saturated rings. The number of rotatable bonds is 7. The normalized spacial score (nSPS) is 10.6. The standard InChI is InChI=1S/C17H20FN5O2.HI/c1-19-17(22-12-13-2-4-14(18)5-3-13)21-11-10-20-15-6-8-16(9-7-15)23(24)25;/h2-9,20H,10-12H2,1H3,(H2,19,21,22);1H. The van der Waals surface area contributed by atoms with Crippen LogP contribution < -0.4 is 16.0 Å². The monoisotopic (exact) mass is 473 g/mol. The molecule has 2 rings (SSSR count). The summed E-state index contributed by atoms with van der Waals surface area (Å²) in [7, 11) is 1.67. The van der Waals surface area contributed by atoms with Gasteiger partial charge in [-0.15, -0.1) is 24.0 Å². The van der Waals surface area contributed by atoms with Crippen molar-refractivity contribution in [1.82, 2.24) is 10.6 Å². The Bertz CT molecular complexity index is 723. The van der Waals surface area contributed by atoms with Crippen LogP contribution in [0, 0.1) is 15.9 Å². The van der Waals surface area contributed by atoms with E-state index in [0.717, 1.165) is 11.3 Å². The van der Waals surface area contributed by atoms with Gasteiger partial charge in [-0.25, -0.2) is 4.39 Å². The summed E-state index contributed by atoms with van der Waals surface area (Å²) in [5, 5.41) is 20.0. The molecule has 0 saturated carbocycles. The number of nitrogens with one attached hydrogen (secondary N) is 3. The van der Waals surface area contributed by atoms with Gasteiger partial charge in [0.1, 0.15) is 5.82 Å². The highest BCUT2D eigenvalue weighted by Crippen LogP contribution is 2.14. The van der Waals surface area contributed by atoms with E-state index in [0.29, 0.717) is 25.6 Å². The summed E-state index contributed by atoms with van der Waals surface area (Å²) in [6, 6.07) is 12.5. The number of nitrogens with zero attached hydrogens (tertiary/aromatic N) is 2. The van der Waals surface area contributed by atoms with E-state index in [2.05, 4.69) is 20.9 Å². The molecule has 0 bridgehead atoms. The van der Waals surface area contributed by atoms with Gasteiger partial charge in [0.2, 0.25) is 0 Å². The molecule has 0 aromatic heterocycles. The first-order valence-electron chi connectivity index (χ1n) is 7.76. The zero-order valence-corrected chi connectivity index (χ0v) is 16.6. The second-order valence-corrected chi connectivity index (χ2v) is 5.21. The molecule has 9 heteroatoms. The lowest BCUT2D eigenvalue weighted by Crippen LogP contribution is -2.39. The maximum atomic E-state index is 12.9. The van der Waals surface area contributed by atoms with Crippen molar-refractivity contribution in [2.24, 2.45) is 4.99 Å². The molecule has 2 aromatic rings. The van der Waals surface area contributed by atoms with Crippen LogP contribution in [0.2, 0.25) is 0 Å². The average molecular weight is 473 g/mol. The van der Waals surface area contributed by atoms with Crippen molar-refractivity contribution < 1.29 is 9.31 Å². The Morgan fingerprint density at radius 3 is 2.31 bits per heavy atom. The van der Waals surface area contributed by atoms with Crippen molar-refractivity contribution in [1.29, 1.82) is 0 Å². The fourth-order valence-corrected chi connectivity index (χ4v) is 2.10. The lowest BCUT2D eigenvalue weighted by molar-refractivity contribution is -0.384. The molecule has 7 nitrogen and oxygen atoms in total. The van der Waals surface area contributed by atoms with Crippen LogP contribution in [-0.4, -0.2) is 31.0 Å². The smallest absolute Gasteiger partial charge is 0.269 e. The van der Waals surface area contributed by atoms with E-state index in [-0.39, 0.29) is 35.5 Å². The van der Waals surface area contributed by atoms with E-state index in [1.165, 1.54) is 24.3 Å². The Hall–Kier alpha value is -2.43. The number of hydrogen-bond acceptors (Lipinski definition) is 4. The number of halogens is 2. The van der Waals surface area contributed by atoms with Crippen LogP contribution in [0.15, 0.2) is 53.5 Å². The first kappa shape index (κ1) is 21.6. The highest BCUT2D eigenvalue weighted by Gasteiger charge is 2.03. The van der Waals surface area contributed by atoms with Crippen LogP contribution in [0.4, 0.5) is 15.8 Å². The number of benzene rings is 2. The van der Waals surface area contributed by atoms with E-state index < -0.39 is 4.92 Å². The molecule has 0 aliphatic rings. The van der Waals surface area contributed by atoms with Crippen LogP contribution in [0.5, 0.6) is 0 Å². The molecular weight excluding hydrogens is 452 g/mol. The van der Waals surface area contributed by atoms with Gasteiger partial charge in [0.15, 0.2) is 5.96 Å². The second kappa shape index (κ2) is 11.2. The SMILES string of the molecule is CN=C(NCCNc1ccc([N+](=O)[O-])cc1)NCc1ccc(F)cc1.I. The van der Waals surface area contributed by atoms with Crippen molar-refractivity contribution in [2.75, 3.05) is 25.5 Å². The van der Waals surface area contributed by atoms with Crippen molar-refractivity contribution in [3.05, 3.63) is 70.0 Å². The highest BCUT2D eigenvalue weighted by molar-refractivity contribution is 14.0. The zero-order valence-electron chi connectivity index (χ0n) is 14.2. The van der Waals surface area contributed by atoms with Crippen molar-refractivity contribution >= 4 is 41.3 Å². The summed E-state index contributed by atoms with van der Waals surface area (Å²) in [6.45, 7) is 1.77. The van der Waals surface area contributed by atoms with Gasteiger partial charge in [0, 0.05) is 44.5 Å². The van der Waals surface area contributed by atoms with E-state index in [4.69, 9.17) is 0 Å². The van der Waals surface area contributed by atoms with Crippen LogP contribution in [0.3, 0.4) is 0 Å². The molecule has 140 valence electrons. The summed E-state index contributed by atoms with van der Waals surface area (Å²) in [4.78, 5) is 14.3.